The number of benzene rings is 5. The van der Waals surface area contributed by atoms with Gasteiger partial charge in [0.25, 0.3) is 0 Å². The van der Waals surface area contributed by atoms with E-state index < -0.39 is 0 Å². The van der Waals surface area contributed by atoms with E-state index in [0.717, 1.165) is 0 Å². The largest absolute Gasteiger partial charge is 0.242 e. The highest BCUT2D eigenvalue weighted by atomic mass is 14.2. The van der Waals surface area contributed by atoms with Crippen LogP contribution in [0, 0.1) is 13.8 Å². The maximum atomic E-state index is 2.42. The molecule has 5 aromatic carbocycles. The molecule has 0 saturated carbocycles. The first kappa shape index (κ1) is 19.8. The molecule has 1 heteroatoms. The summed E-state index contributed by atoms with van der Waals surface area (Å²) in [6, 6.07) is 42.2. The van der Waals surface area contributed by atoms with E-state index in [1.807, 2.05) is 0 Å². The summed E-state index contributed by atoms with van der Waals surface area (Å²) in [5.74, 6) is 0. The van der Waals surface area contributed by atoms with Gasteiger partial charge in [-0.2, -0.15) is 0 Å². The van der Waals surface area contributed by atoms with Crippen LogP contribution in [0.4, 0.5) is 0 Å². The van der Waals surface area contributed by atoms with Gasteiger partial charge in [0.1, 0.15) is 0 Å². The maximum absolute atomic E-state index is 2.42. The molecule has 0 fully saturated rings. The molecule has 0 radical (unpaired) electrons. The lowest BCUT2D eigenvalue weighted by Gasteiger charge is -2.14. The maximum Gasteiger partial charge on any atom is 0.242 e. The average Bonchev–Trinajstić information content (AvgIpc) is 3.16. The van der Waals surface area contributed by atoms with Gasteiger partial charge >= 0.3 is 0 Å². The van der Waals surface area contributed by atoms with Crippen LogP contribution in [-0.4, -0.2) is 6.71 Å². The van der Waals surface area contributed by atoms with Crippen LogP contribution < -0.4 is 16.4 Å². The second-order valence-electron chi connectivity index (χ2n) is 9.08. The smallest absolute Gasteiger partial charge is 0.0686 e. The van der Waals surface area contributed by atoms with Gasteiger partial charge in [0, 0.05) is 0 Å². The monoisotopic (exact) mass is 420 g/mol. The van der Waals surface area contributed by atoms with Crippen molar-refractivity contribution in [1.29, 1.82) is 0 Å². The Kier molecular flexibility index (Phi) is 4.77. The fraction of sp³-hybridized carbons (Fsp3) is 0.0625. The van der Waals surface area contributed by atoms with E-state index in [-0.39, 0.29) is 6.71 Å². The van der Waals surface area contributed by atoms with Crippen molar-refractivity contribution in [3.63, 3.8) is 0 Å². The van der Waals surface area contributed by atoms with Crippen LogP contribution >= 0.6 is 0 Å². The zero-order chi connectivity index (χ0) is 22.4. The molecule has 0 unspecified atom stereocenters. The van der Waals surface area contributed by atoms with Gasteiger partial charge in [-0.05, 0) is 70.5 Å². The van der Waals surface area contributed by atoms with Crippen molar-refractivity contribution in [1.82, 2.24) is 0 Å². The number of rotatable bonds is 3. The minimum atomic E-state index is 0.267. The molecule has 156 valence electrons. The summed E-state index contributed by atoms with van der Waals surface area (Å²) in [7, 11) is 0. The van der Waals surface area contributed by atoms with Gasteiger partial charge in [0.05, 0.1) is 0 Å². The predicted octanol–water partition coefficient (Wildman–Crippen LogP) is 6.13. The molecule has 0 bridgehead atoms. The molecule has 0 saturated heterocycles. The Morgan fingerprint density at radius 1 is 0.424 bits per heavy atom. The van der Waals surface area contributed by atoms with E-state index in [1.54, 1.807) is 0 Å². The summed E-state index contributed by atoms with van der Waals surface area (Å²) < 4.78 is 0. The third-order valence-electron chi connectivity index (χ3n) is 7.01. The van der Waals surface area contributed by atoms with Crippen molar-refractivity contribution in [2.75, 3.05) is 0 Å². The predicted molar refractivity (Wildman–Crippen MR) is 143 cm³/mol. The highest BCUT2D eigenvalue weighted by Crippen LogP contribution is 2.34. The SMILES string of the molecule is Cc1cc2c(cc1-c1ccccc1)-c1cc(-c3ccccc3)c(C)cc1B2c1ccccc1. The van der Waals surface area contributed by atoms with Crippen LogP contribution in [-0.2, 0) is 0 Å². The summed E-state index contributed by atoms with van der Waals surface area (Å²) in [6.07, 6.45) is 0. The first-order valence-corrected chi connectivity index (χ1v) is 11.7. The Balaban J connectivity index is 1.63. The van der Waals surface area contributed by atoms with Crippen molar-refractivity contribution in [2.24, 2.45) is 0 Å². The van der Waals surface area contributed by atoms with Crippen LogP contribution in [0.25, 0.3) is 33.4 Å². The van der Waals surface area contributed by atoms with Crippen LogP contribution in [0.5, 0.6) is 0 Å². The van der Waals surface area contributed by atoms with Gasteiger partial charge in [0.2, 0.25) is 6.71 Å². The molecule has 0 aromatic heterocycles. The Morgan fingerprint density at radius 2 is 0.818 bits per heavy atom. The van der Waals surface area contributed by atoms with E-state index in [2.05, 4.69) is 129 Å². The number of aryl methyl sites for hydroxylation is 2. The van der Waals surface area contributed by atoms with Crippen LogP contribution in [0.2, 0.25) is 0 Å². The molecule has 0 aliphatic carbocycles. The minimum absolute atomic E-state index is 0.267. The Labute approximate surface area is 196 Å². The highest BCUT2D eigenvalue weighted by Gasteiger charge is 2.34. The van der Waals surface area contributed by atoms with Gasteiger partial charge in [0.15, 0.2) is 0 Å². The topological polar surface area (TPSA) is 0 Å². The van der Waals surface area contributed by atoms with Gasteiger partial charge in [-0.25, -0.2) is 0 Å². The quantitative estimate of drug-likeness (QED) is 0.302. The summed E-state index contributed by atoms with van der Waals surface area (Å²) in [6.45, 7) is 4.76. The third kappa shape index (κ3) is 3.32. The summed E-state index contributed by atoms with van der Waals surface area (Å²) in [5.41, 5.74) is 14.7. The van der Waals surface area contributed by atoms with Crippen molar-refractivity contribution in [2.45, 2.75) is 13.8 Å². The third-order valence-corrected chi connectivity index (χ3v) is 7.01. The molecular weight excluding hydrogens is 395 g/mol. The van der Waals surface area contributed by atoms with Crippen molar-refractivity contribution in [3.05, 3.63) is 126 Å². The van der Waals surface area contributed by atoms with E-state index in [9.17, 15) is 0 Å². The summed E-state index contributed by atoms with van der Waals surface area (Å²) in [4.78, 5) is 0. The van der Waals surface area contributed by atoms with Crippen molar-refractivity contribution >= 4 is 23.1 Å². The Bertz CT molecular complexity index is 1360. The lowest BCUT2D eigenvalue weighted by atomic mass is 9.38. The second-order valence-corrected chi connectivity index (χ2v) is 9.08. The van der Waals surface area contributed by atoms with Crippen molar-refractivity contribution in [3.8, 4) is 33.4 Å². The molecule has 6 rings (SSSR count). The van der Waals surface area contributed by atoms with E-state index >= 15 is 0 Å². The molecule has 1 aliphatic heterocycles. The van der Waals surface area contributed by atoms with Crippen LogP contribution in [0.1, 0.15) is 11.1 Å². The Morgan fingerprint density at radius 3 is 1.24 bits per heavy atom. The zero-order valence-corrected chi connectivity index (χ0v) is 19.0. The standard InChI is InChI=1S/C32H25B/c1-22-18-31-29(20-27(22)24-12-6-3-7-13-24)30-21-28(25-14-8-4-9-15-25)23(2)19-32(30)33(31)26-16-10-5-11-17-26/h3-21H,1-2H3. The van der Waals surface area contributed by atoms with E-state index in [0.29, 0.717) is 0 Å². The van der Waals surface area contributed by atoms with Gasteiger partial charge in [-0.3, -0.25) is 0 Å². The van der Waals surface area contributed by atoms with Crippen LogP contribution in [0.15, 0.2) is 115 Å². The van der Waals surface area contributed by atoms with Crippen LogP contribution in [0.3, 0.4) is 0 Å². The molecule has 0 spiro atoms. The highest BCUT2D eigenvalue weighted by molar-refractivity contribution is 6.99. The molecular formula is C32H25B. The van der Waals surface area contributed by atoms with E-state index in [1.165, 1.54) is 60.9 Å². The Hall–Kier alpha value is -3.84. The molecule has 1 heterocycles. The van der Waals surface area contributed by atoms with Crippen molar-refractivity contribution < 1.29 is 0 Å². The van der Waals surface area contributed by atoms with Gasteiger partial charge < -0.3 is 0 Å². The average molecular weight is 420 g/mol. The lowest BCUT2D eigenvalue weighted by molar-refractivity contribution is 1.46. The number of hydrogen-bond donors (Lipinski definition) is 0. The molecule has 0 nitrogen and oxygen atoms in total. The first-order valence-electron chi connectivity index (χ1n) is 11.7. The minimum Gasteiger partial charge on any atom is -0.0686 e. The fourth-order valence-corrected chi connectivity index (χ4v) is 5.43. The normalized spacial score (nSPS) is 11.9. The molecule has 0 atom stereocenters. The van der Waals surface area contributed by atoms with E-state index in [4.69, 9.17) is 0 Å². The molecule has 5 aromatic rings. The number of hydrogen-bond acceptors (Lipinski definition) is 0. The van der Waals surface area contributed by atoms with Gasteiger partial charge in [-0.1, -0.05) is 120 Å². The molecule has 0 amide bonds. The van der Waals surface area contributed by atoms with Gasteiger partial charge in [-0.15, -0.1) is 0 Å². The lowest BCUT2D eigenvalue weighted by Crippen LogP contribution is -2.49. The number of fused-ring (bicyclic) bond motifs is 3. The fourth-order valence-electron chi connectivity index (χ4n) is 5.43. The first-order chi connectivity index (χ1) is 16.2. The summed E-state index contributed by atoms with van der Waals surface area (Å²) in [5, 5.41) is 0. The summed E-state index contributed by atoms with van der Waals surface area (Å²) >= 11 is 0. The zero-order valence-electron chi connectivity index (χ0n) is 19.0. The second kappa shape index (κ2) is 7.94. The molecule has 33 heavy (non-hydrogen) atoms. The molecule has 0 N–H and O–H groups in total. The molecule has 1 aliphatic rings.